The molecule has 7 heteroatoms. The predicted molar refractivity (Wildman–Crippen MR) is 129 cm³/mol. The number of hydrogen-bond acceptors (Lipinski definition) is 3. The Morgan fingerprint density at radius 2 is 2.03 bits per heavy atom. The molecule has 3 aromatic rings. The van der Waals surface area contributed by atoms with Crippen molar-refractivity contribution in [1.82, 2.24) is 14.8 Å². The molecule has 0 unspecified atom stereocenters. The molecular weight excluding hydrogens is 442 g/mol. The van der Waals surface area contributed by atoms with Crippen LogP contribution in [0.25, 0.3) is 10.2 Å². The molecule has 2 aromatic heterocycles. The summed E-state index contributed by atoms with van der Waals surface area (Å²) in [5.41, 5.74) is 1.47. The summed E-state index contributed by atoms with van der Waals surface area (Å²) in [5, 5.41) is 5.95. The first-order valence-corrected chi connectivity index (χ1v) is 12.6. The number of hydrogen-bond donors (Lipinski definition) is 1. The number of fused-ring (bicyclic) bond motifs is 3. The first kappa shape index (κ1) is 21.5. The summed E-state index contributed by atoms with van der Waals surface area (Å²) in [6, 6.07) is 11.7. The van der Waals surface area contributed by atoms with Crippen LogP contribution in [0.4, 0.5) is 0 Å². The Morgan fingerprint density at radius 1 is 1.25 bits per heavy atom. The average molecular weight is 470 g/mol. The van der Waals surface area contributed by atoms with Crippen molar-refractivity contribution in [2.24, 2.45) is 5.92 Å². The first-order chi connectivity index (χ1) is 15.4. The molecule has 2 aliphatic rings. The van der Waals surface area contributed by atoms with Crippen LogP contribution in [0.2, 0.25) is 5.02 Å². The fourth-order valence-corrected chi connectivity index (χ4v) is 6.19. The number of benzene rings is 1. The van der Waals surface area contributed by atoms with Gasteiger partial charge in [-0.2, -0.15) is 0 Å². The van der Waals surface area contributed by atoms with Crippen LogP contribution in [0.3, 0.4) is 0 Å². The third kappa shape index (κ3) is 3.54. The standard InChI is InChI=1S/C25H28ClN3O2S/c1-16-7-3-6-10-19(16)27-24(31)25(2)15-28-20-11-12-32-22(20)13-21(28)23(30)29(25)14-17-8-4-5-9-18(17)26/h4-5,8-9,11-13,16,19H,3,6-7,10,14-15H2,1-2H3,(H,27,31)/t16-,19-,25+/m1/s1. The van der Waals surface area contributed by atoms with Crippen LogP contribution in [0.5, 0.6) is 0 Å². The molecule has 1 aliphatic carbocycles. The summed E-state index contributed by atoms with van der Waals surface area (Å²) in [6.07, 6.45) is 4.46. The summed E-state index contributed by atoms with van der Waals surface area (Å²) in [7, 11) is 0. The van der Waals surface area contributed by atoms with Crippen LogP contribution < -0.4 is 5.32 Å². The van der Waals surface area contributed by atoms with Crippen molar-refractivity contribution < 1.29 is 9.59 Å². The number of thiophene rings is 1. The van der Waals surface area contributed by atoms with Crippen molar-refractivity contribution in [1.29, 1.82) is 0 Å². The van der Waals surface area contributed by atoms with E-state index in [2.05, 4.69) is 12.2 Å². The van der Waals surface area contributed by atoms with E-state index in [-0.39, 0.29) is 17.9 Å². The van der Waals surface area contributed by atoms with Gasteiger partial charge in [0.1, 0.15) is 11.2 Å². The van der Waals surface area contributed by atoms with E-state index < -0.39 is 5.54 Å². The van der Waals surface area contributed by atoms with Crippen LogP contribution in [-0.4, -0.2) is 32.9 Å². The van der Waals surface area contributed by atoms with Gasteiger partial charge < -0.3 is 14.8 Å². The second-order valence-electron chi connectivity index (χ2n) is 9.38. The van der Waals surface area contributed by atoms with Crippen molar-refractivity contribution in [2.45, 2.75) is 64.2 Å². The molecule has 1 aromatic carbocycles. The van der Waals surface area contributed by atoms with Crippen LogP contribution in [-0.2, 0) is 17.9 Å². The fourth-order valence-electron chi connectivity index (χ4n) is 5.17. The van der Waals surface area contributed by atoms with Gasteiger partial charge in [0.2, 0.25) is 5.91 Å². The van der Waals surface area contributed by atoms with Crippen molar-refractivity contribution in [3.8, 4) is 0 Å². The largest absolute Gasteiger partial charge is 0.351 e. The lowest BCUT2D eigenvalue weighted by molar-refractivity contribution is -0.134. The van der Waals surface area contributed by atoms with E-state index in [1.165, 1.54) is 6.42 Å². The number of nitrogens with one attached hydrogen (secondary N) is 1. The van der Waals surface area contributed by atoms with Crippen molar-refractivity contribution in [2.75, 3.05) is 0 Å². The van der Waals surface area contributed by atoms with E-state index in [0.29, 0.717) is 29.7 Å². The predicted octanol–water partition coefficient (Wildman–Crippen LogP) is 5.47. The molecule has 0 radical (unpaired) electrons. The molecule has 168 valence electrons. The quantitative estimate of drug-likeness (QED) is 0.551. The van der Waals surface area contributed by atoms with Crippen molar-refractivity contribution >= 4 is 45.0 Å². The average Bonchev–Trinajstić information content (AvgIpc) is 3.36. The Morgan fingerprint density at radius 3 is 2.81 bits per heavy atom. The van der Waals surface area contributed by atoms with Gasteiger partial charge in [0, 0.05) is 17.6 Å². The summed E-state index contributed by atoms with van der Waals surface area (Å²) in [5.74, 6) is 0.228. The lowest BCUT2D eigenvalue weighted by atomic mass is 9.85. The topological polar surface area (TPSA) is 54.3 Å². The highest BCUT2D eigenvalue weighted by atomic mass is 35.5. The molecule has 1 fully saturated rings. The van der Waals surface area contributed by atoms with E-state index in [0.717, 1.165) is 35.0 Å². The van der Waals surface area contributed by atoms with Crippen molar-refractivity contribution in [3.63, 3.8) is 0 Å². The highest BCUT2D eigenvalue weighted by Gasteiger charge is 2.48. The Kier molecular flexibility index (Phi) is 5.54. The number of amides is 2. The second-order valence-corrected chi connectivity index (χ2v) is 10.7. The molecule has 0 spiro atoms. The van der Waals surface area contributed by atoms with Gasteiger partial charge >= 0.3 is 0 Å². The van der Waals surface area contributed by atoms with Gasteiger partial charge in [0.15, 0.2) is 0 Å². The maximum atomic E-state index is 13.8. The zero-order valence-electron chi connectivity index (χ0n) is 18.4. The minimum atomic E-state index is -1.02. The van der Waals surface area contributed by atoms with Gasteiger partial charge in [-0.3, -0.25) is 9.59 Å². The second kappa shape index (κ2) is 8.23. The van der Waals surface area contributed by atoms with Crippen LogP contribution >= 0.6 is 22.9 Å². The monoisotopic (exact) mass is 469 g/mol. The normalized spacial score (nSPS) is 25.7. The van der Waals surface area contributed by atoms with Gasteiger partial charge in [0.05, 0.1) is 16.8 Å². The maximum Gasteiger partial charge on any atom is 0.271 e. The molecule has 32 heavy (non-hydrogen) atoms. The highest BCUT2D eigenvalue weighted by Crippen LogP contribution is 2.36. The molecule has 1 aliphatic heterocycles. The zero-order valence-corrected chi connectivity index (χ0v) is 20.0. The highest BCUT2D eigenvalue weighted by molar-refractivity contribution is 7.17. The number of carbonyl (C=O) groups excluding carboxylic acids is 2. The third-order valence-electron chi connectivity index (χ3n) is 7.25. The van der Waals surface area contributed by atoms with Gasteiger partial charge in [0.25, 0.3) is 5.91 Å². The van der Waals surface area contributed by atoms with Gasteiger partial charge in [-0.25, -0.2) is 0 Å². The minimum absolute atomic E-state index is 0.0839. The molecule has 3 heterocycles. The smallest absolute Gasteiger partial charge is 0.271 e. The Bertz CT molecular complexity index is 1190. The molecule has 2 amide bonds. The van der Waals surface area contributed by atoms with E-state index in [1.807, 2.05) is 53.3 Å². The van der Waals surface area contributed by atoms with Crippen molar-refractivity contribution in [3.05, 3.63) is 58.1 Å². The summed E-state index contributed by atoms with van der Waals surface area (Å²) in [4.78, 5) is 29.3. The lowest BCUT2D eigenvalue weighted by Crippen LogP contribution is -2.65. The van der Waals surface area contributed by atoms with Gasteiger partial charge in [-0.1, -0.05) is 49.6 Å². The zero-order chi connectivity index (χ0) is 22.5. The SMILES string of the molecule is C[C@@H]1CCCC[C@H]1NC(=O)[C@]1(C)Cn2c(cc3sccc32)C(=O)N1Cc1ccccc1Cl. The summed E-state index contributed by atoms with van der Waals surface area (Å²) < 4.78 is 3.08. The third-order valence-corrected chi connectivity index (χ3v) is 8.47. The molecule has 5 nitrogen and oxygen atoms in total. The number of carbonyl (C=O) groups is 2. The molecular formula is C25H28ClN3O2S. The summed E-state index contributed by atoms with van der Waals surface area (Å²) >= 11 is 8.06. The number of halogens is 1. The molecule has 0 saturated heterocycles. The van der Waals surface area contributed by atoms with Crippen LogP contribution in [0.15, 0.2) is 41.8 Å². The maximum absolute atomic E-state index is 13.8. The number of rotatable bonds is 4. The molecule has 0 bridgehead atoms. The van der Waals surface area contributed by atoms with E-state index >= 15 is 0 Å². The van der Waals surface area contributed by atoms with E-state index in [9.17, 15) is 9.59 Å². The molecule has 1 saturated carbocycles. The van der Waals surface area contributed by atoms with E-state index in [1.54, 1.807) is 16.2 Å². The Labute approximate surface area is 197 Å². The molecule has 5 rings (SSSR count). The number of nitrogens with zero attached hydrogens (tertiary/aromatic N) is 2. The first-order valence-electron chi connectivity index (χ1n) is 11.3. The van der Waals surface area contributed by atoms with Gasteiger partial charge in [-0.15, -0.1) is 11.3 Å². The minimum Gasteiger partial charge on any atom is -0.351 e. The Balaban J connectivity index is 1.54. The lowest BCUT2D eigenvalue weighted by Gasteiger charge is -2.45. The Hall–Kier alpha value is -2.31. The molecule has 3 atom stereocenters. The summed E-state index contributed by atoms with van der Waals surface area (Å²) in [6.45, 7) is 4.82. The van der Waals surface area contributed by atoms with Crippen LogP contribution in [0.1, 0.15) is 55.6 Å². The molecule has 1 N–H and O–H groups in total. The fraction of sp³-hybridized carbons (Fsp3) is 0.440. The van der Waals surface area contributed by atoms with Gasteiger partial charge in [-0.05, 0) is 54.8 Å². The van der Waals surface area contributed by atoms with E-state index in [4.69, 9.17) is 11.6 Å². The number of aromatic nitrogens is 1. The van der Waals surface area contributed by atoms with Crippen LogP contribution in [0, 0.1) is 5.92 Å².